The summed E-state index contributed by atoms with van der Waals surface area (Å²) in [7, 11) is 1.01. The van der Waals surface area contributed by atoms with E-state index in [0.717, 1.165) is 0 Å². The van der Waals surface area contributed by atoms with Crippen LogP contribution in [-0.4, -0.2) is 37.8 Å². The lowest BCUT2D eigenvalue weighted by atomic mass is 9.87. The van der Waals surface area contributed by atoms with E-state index < -0.39 is 18.5 Å². The molecular formula is C12H26B2O4. The second-order valence-corrected chi connectivity index (χ2v) is 6.89. The predicted octanol–water partition coefficient (Wildman–Crippen LogP) is 1.71. The number of hydrogen-bond acceptors (Lipinski definition) is 4. The Morgan fingerprint density at radius 3 is 1.61 bits per heavy atom. The molecule has 0 aromatic rings. The predicted molar refractivity (Wildman–Crippen MR) is 75.0 cm³/mol. The third kappa shape index (κ3) is 2.77. The van der Waals surface area contributed by atoms with Crippen molar-refractivity contribution in [2.24, 2.45) is 0 Å². The van der Waals surface area contributed by atoms with Crippen LogP contribution in [0.25, 0.3) is 0 Å². The molecule has 0 unspecified atom stereocenters. The summed E-state index contributed by atoms with van der Waals surface area (Å²) in [5.74, 6) is 0. The van der Waals surface area contributed by atoms with Crippen molar-refractivity contribution in [2.45, 2.75) is 77.8 Å². The fourth-order valence-corrected chi connectivity index (χ4v) is 1.47. The molecule has 6 heteroatoms. The van der Waals surface area contributed by atoms with Gasteiger partial charge in [-0.05, 0) is 55.4 Å². The summed E-state index contributed by atoms with van der Waals surface area (Å²) in [5, 5.41) is 0. The summed E-state index contributed by atoms with van der Waals surface area (Å²) in [4.78, 5) is 0. The first-order valence-corrected chi connectivity index (χ1v) is 6.43. The van der Waals surface area contributed by atoms with Crippen LogP contribution in [0.3, 0.4) is 0 Å². The molecule has 0 aliphatic carbocycles. The van der Waals surface area contributed by atoms with Crippen molar-refractivity contribution in [3.05, 3.63) is 0 Å². The van der Waals surface area contributed by atoms with Crippen molar-refractivity contribution < 1.29 is 18.6 Å². The molecule has 1 heterocycles. The second kappa shape index (κ2) is 4.51. The lowest BCUT2D eigenvalue weighted by Crippen LogP contribution is -2.52. The van der Waals surface area contributed by atoms with Crippen molar-refractivity contribution in [2.75, 3.05) is 0 Å². The lowest BCUT2D eigenvalue weighted by molar-refractivity contribution is -0.0939. The van der Waals surface area contributed by atoms with E-state index in [0.29, 0.717) is 0 Å². The van der Waals surface area contributed by atoms with Crippen LogP contribution in [0.5, 0.6) is 0 Å². The van der Waals surface area contributed by atoms with E-state index in [1.807, 2.05) is 55.4 Å². The quantitative estimate of drug-likeness (QED) is 0.717. The van der Waals surface area contributed by atoms with Crippen LogP contribution in [0.4, 0.5) is 0 Å². The Kier molecular flexibility index (Phi) is 4.02. The zero-order chi connectivity index (χ0) is 14.4. The van der Waals surface area contributed by atoms with Gasteiger partial charge in [-0.3, -0.25) is 0 Å². The summed E-state index contributed by atoms with van der Waals surface area (Å²) in [6, 6.07) is 0. The van der Waals surface area contributed by atoms with Crippen LogP contribution in [0, 0.1) is 0 Å². The van der Waals surface area contributed by atoms with Crippen LogP contribution in [0.15, 0.2) is 0 Å². The van der Waals surface area contributed by atoms with Crippen LogP contribution in [-0.2, 0) is 18.6 Å². The topological polar surface area (TPSA) is 36.9 Å². The largest absolute Gasteiger partial charge is 0.640 e. The van der Waals surface area contributed by atoms with E-state index in [1.54, 1.807) is 8.05 Å². The molecule has 0 aromatic carbocycles. The van der Waals surface area contributed by atoms with Crippen molar-refractivity contribution >= 4 is 15.4 Å². The van der Waals surface area contributed by atoms with Gasteiger partial charge in [0.15, 0.2) is 0 Å². The van der Waals surface area contributed by atoms with E-state index in [1.165, 1.54) is 0 Å². The Bertz CT molecular complexity index is 297. The zero-order valence-electron chi connectivity index (χ0n) is 13.2. The minimum absolute atomic E-state index is 0.384. The van der Waals surface area contributed by atoms with E-state index in [2.05, 4.69) is 0 Å². The highest BCUT2D eigenvalue weighted by atomic mass is 16.8. The third-order valence-electron chi connectivity index (χ3n) is 4.58. The molecule has 18 heavy (non-hydrogen) atoms. The van der Waals surface area contributed by atoms with Crippen LogP contribution in [0.2, 0.25) is 0 Å². The molecule has 0 bridgehead atoms. The molecule has 0 spiro atoms. The highest BCUT2D eigenvalue weighted by Crippen LogP contribution is 2.39. The molecule has 104 valence electrons. The lowest BCUT2D eigenvalue weighted by Gasteiger charge is -2.41. The maximum atomic E-state index is 5.96. The van der Waals surface area contributed by atoms with E-state index in [9.17, 15) is 0 Å². The highest BCUT2D eigenvalue weighted by Gasteiger charge is 2.55. The van der Waals surface area contributed by atoms with Gasteiger partial charge in [0.1, 0.15) is 0 Å². The molecule has 0 radical (unpaired) electrons. The summed E-state index contributed by atoms with van der Waals surface area (Å²) in [6.45, 7) is 15.9. The normalized spacial score (nSPS) is 23.4. The Morgan fingerprint density at radius 2 is 1.28 bits per heavy atom. The summed E-state index contributed by atoms with van der Waals surface area (Å²) >= 11 is 0. The van der Waals surface area contributed by atoms with Crippen molar-refractivity contribution in [1.82, 2.24) is 0 Å². The number of hydrogen-bond donors (Lipinski definition) is 0. The minimum Gasteiger partial charge on any atom is -0.436 e. The standard InChI is InChI=1S/C12H26B2O4/c1-9(2,15-13)10(3,4)16-14-17-11(5,6)12(7,8)18-14/h13H2,1-8H3. The van der Waals surface area contributed by atoms with Crippen molar-refractivity contribution in [3.63, 3.8) is 0 Å². The molecule has 1 saturated heterocycles. The molecule has 1 aliphatic heterocycles. The summed E-state index contributed by atoms with van der Waals surface area (Å²) in [6.07, 6.45) is 0. The first kappa shape index (κ1) is 16.0. The molecule has 0 N–H and O–H groups in total. The van der Waals surface area contributed by atoms with Gasteiger partial charge in [0.05, 0.1) is 22.4 Å². The first-order chi connectivity index (χ1) is 7.85. The summed E-state index contributed by atoms with van der Waals surface area (Å²) in [5.41, 5.74) is -1.73. The molecular weight excluding hydrogens is 230 g/mol. The Morgan fingerprint density at radius 1 is 0.889 bits per heavy atom. The second-order valence-electron chi connectivity index (χ2n) is 6.89. The molecule has 1 fully saturated rings. The first-order valence-electron chi connectivity index (χ1n) is 6.43. The average Bonchev–Trinajstić information content (AvgIpc) is 2.33. The fourth-order valence-electron chi connectivity index (χ4n) is 1.47. The van der Waals surface area contributed by atoms with Crippen LogP contribution >= 0.6 is 0 Å². The molecule has 1 rings (SSSR count). The van der Waals surface area contributed by atoms with Gasteiger partial charge >= 0.3 is 7.32 Å². The van der Waals surface area contributed by atoms with E-state index in [-0.39, 0.29) is 11.2 Å². The maximum Gasteiger partial charge on any atom is 0.640 e. The van der Waals surface area contributed by atoms with Crippen LogP contribution < -0.4 is 0 Å². The molecule has 4 nitrogen and oxygen atoms in total. The van der Waals surface area contributed by atoms with Crippen LogP contribution in [0.1, 0.15) is 55.4 Å². The van der Waals surface area contributed by atoms with Gasteiger partial charge in [-0.15, -0.1) is 0 Å². The smallest absolute Gasteiger partial charge is 0.436 e. The molecule has 0 saturated carbocycles. The maximum absolute atomic E-state index is 5.96. The SMILES string of the molecule is BOC(C)(C)C(C)(C)OB1OC(C)(C)C(C)(C)O1. The summed E-state index contributed by atoms with van der Waals surface area (Å²) < 4.78 is 23.1. The molecule has 0 aromatic heterocycles. The Hall–Kier alpha value is -0.0301. The highest BCUT2D eigenvalue weighted by molar-refractivity contribution is 6.37. The third-order valence-corrected chi connectivity index (χ3v) is 4.58. The molecule has 1 aliphatic rings. The molecule has 0 atom stereocenters. The average molecular weight is 256 g/mol. The minimum atomic E-state index is -0.667. The van der Waals surface area contributed by atoms with Gasteiger partial charge in [-0.2, -0.15) is 0 Å². The Balaban J connectivity index is 2.77. The van der Waals surface area contributed by atoms with Gasteiger partial charge in [0.25, 0.3) is 8.05 Å². The number of rotatable bonds is 4. The van der Waals surface area contributed by atoms with E-state index in [4.69, 9.17) is 18.6 Å². The molecule has 0 amide bonds. The van der Waals surface area contributed by atoms with Gasteiger partial charge in [0.2, 0.25) is 0 Å². The van der Waals surface area contributed by atoms with Crippen molar-refractivity contribution in [3.8, 4) is 0 Å². The fraction of sp³-hybridized carbons (Fsp3) is 1.00. The van der Waals surface area contributed by atoms with Gasteiger partial charge in [0, 0.05) is 0 Å². The monoisotopic (exact) mass is 256 g/mol. The van der Waals surface area contributed by atoms with Gasteiger partial charge in [-0.1, -0.05) is 0 Å². The van der Waals surface area contributed by atoms with Gasteiger partial charge < -0.3 is 18.6 Å². The van der Waals surface area contributed by atoms with Crippen molar-refractivity contribution in [1.29, 1.82) is 0 Å². The van der Waals surface area contributed by atoms with Gasteiger partial charge in [-0.25, -0.2) is 0 Å². The Labute approximate surface area is 112 Å². The zero-order valence-corrected chi connectivity index (χ0v) is 13.2. The van der Waals surface area contributed by atoms with E-state index >= 15 is 0 Å².